The van der Waals surface area contributed by atoms with Crippen LogP contribution in [0.2, 0.25) is 5.02 Å². The van der Waals surface area contributed by atoms with Crippen molar-refractivity contribution in [3.63, 3.8) is 0 Å². The van der Waals surface area contributed by atoms with Gasteiger partial charge in [-0.1, -0.05) is 58.4 Å². The minimum absolute atomic E-state index is 0.0641. The fourth-order valence-electron chi connectivity index (χ4n) is 4.01. The van der Waals surface area contributed by atoms with Gasteiger partial charge >= 0.3 is 0 Å². The topological polar surface area (TPSA) is 34.1 Å². The van der Waals surface area contributed by atoms with Crippen molar-refractivity contribution in [3.8, 4) is 11.5 Å². The van der Waals surface area contributed by atoms with Crippen molar-refractivity contribution in [1.82, 2.24) is 5.01 Å². The molecular formula is C25H20BrClN2O2. The molecule has 0 saturated carbocycles. The molecule has 2 aliphatic rings. The van der Waals surface area contributed by atoms with Crippen LogP contribution in [-0.4, -0.2) is 17.3 Å². The van der Waals surface area contributed by atoms with Crippen LogP contribution in [0, 0.1) is 0 Å². The maximum absolute atomic E-state index is 6.53. The first kappa shape index (κ1) is 20.2. The van der Waals surface area contributed by atoms with Gasteiger partial charge in [0, 0.05) is 27.0 Å². The highest BCUT2D eigenvalue weighted by Gasteiger charge is 2.41. The summed E-state index contributed by atoms with van der Waals surface area (Å²) in [5, 5.41) is 7.69. The second kappa shape index (κ2) is 8.40. The molecule has 0 bridgehead atoms. The largest absolute Gasteiger partial charge is 0.490 e. The van der Waals surface area contributed by atoms with Gasteiger partial charge in [-0.25, -0.2) is 5.01 Å². The van der Waals surface area contributed by atoms with E-state index in [0.29, 0.717) is 11.6 Å². The zero-order chi connectivity index (χ0) is 21.4. The molecule has 4 nitrogen and oxygen atoms in total. The van der Waals surface area contributed by atoms with Crippen LogP contribution >= 0.6 is 27.5 Å². The summed E-state index contributed by atoms with van der Waals surface area (Å²) < 4.78 is 13.0. The van der Waals surface area contributed by atoms with E-state index in [-0.39, 0.29) is 12.3 Å². The molecule has 2 atom stereocenters. The molecule has 0 amide bonds. The van der Waals surface area contributed by atoms with Gasteiger partial charge in [-0.2, -0.15) is 5.10 Å². The van der Waals surface area contributed by atoms with Crippen molar-refractivity contribution in [2.75, 3.05) is 6.61 Å². The molecule has 156 valence electrons. The van der Waals surface area contributed by atoms with Crippen LogP contribution in [0.5, 0.6) is 11.5 Å². The van der Waals surface area contributed by atoms with Crippen LogP contribution < -0.4 is 9.47 Å². The number of ether oxygens (including phenoxy) is 2. The Morgan fingerprint density at radius 3 is 2.71 bits per heavy atom. The van der Waals surface area contributed by atoms with Crippen LogP contribution in [0.25, 0.3) is 0 Å². The Labute approximate surface area is 194 Å². The molecule has 0 unspecified atom stereocenters. The minimum Gasteiger partial charge on any atom is -0.490 e. The first-order valence-corrected chi connectivity index (χ1v) is 11.2. The fraction of sp³-hybridized carbons (Fsp3) is 0.160. The first-order valence-electron chi connectivity index (χ1n) is 10.0. The normalized spacial score (nSPS) is 19.2. The summed E-state index contributed by atoms with van der Waals surface area (Å²) in [5.74, 6) is 1.67. The summed E-state index contributed by atoms with van der Waals surface area (Å²) in [6.45, 7) is 4.17. The van der Waals surface area contributed by atoms with E-state index in [0.717, 1.165) is 44.8 Å². The van der Waals surface area contributed by atoms with Gasteiger partial charge in [0.25, 0.3) is 0 Å². The lowest BCUT2D eigenvalue weighted by molar-refractivity contribution is -0.0190. The van der Waals surface area contributed by atoms with Gasteiger partial charge in [0.1, 0.15) is 18.1 Å². The number of hydrogen-bond acceptors (Lipinski definition) is 4. The van der Waals surface area contributed by atoms with Crippen LogP contribution in [0.15, 0.2) is 89.0 Å². The summed E-state index contributed by atoms with van der Waals surface area (Å²) >= 11 is 10.1. The molecule has 0 saturated heterocycles. The van der Waals surface area contributed by atoms with Gasteiger partial charge in [-0.3, -0.25) is 0 Å². The van der Waals surface area contributed by atoms with E-state index in [9.17, 15) is 0 Å². The zero-order valence-corrected chi connectivity index (χ0v) is 19.0. The maximum Gasteiger partial charge on any atom is 0.215 e. The second-order valence-corrected chi connectivity index (χ2v) is 8.77. The third kappa shape index (κ3) is 3.84. The van der Waals surface area contributed by atoms with E-state index in [2.05, 4.69) is 28.6 Å². The summed E-state index contributed by atoms with van der Waals surface area (Å²) in [5.41, 5.74) is 4.09. The molecule has 31 heavy (non-hydrogen) atoms. The molecule has 0 aliphatic carbocycles. The Morgan fingerprint density at radius 1 is 1.13 bits per heavy atom. The average molecular weight is 496 g/mol. The lowest BCUT2D eigenvalue weighted by Crippen LogP contribution is -2.33. The van der Waals surface area contributed by atoms with Crippen LogP contribution in [0.4, 0.5) is 0 Å². The van der Waals surface area contributed by atoms with Crippen molar-refractivity contribution in [2.24, 2.45) is 5.10 Å². The monoisotopic (exact) mass is 494 g/mol. The highest BCUT2D eigenvalue weighted by molar-refractivity contribution is 9.10. The van der Waals surface area contributed by atoms with E-state index in [4.69, 9.17) is 26.2 Å². The van der Waals surface area contributed by atoms with E-state index in [1.54, 1.807) is 6.08 Å². The highest BCUT2D eigenvalue weighted by atomic mass is 79.9. The molecule has 0 fully saturated rings. The zero-order valence-electron chi connectivity index (χ0n) is 16.7. The van der Waals surface area contributed by atoms with E-state index < -0.39 is 0 Å². The predicted molar refractivity (Wildman–Crippen MR) is 127 cm³/mol. The van der Waals surface area contributed by atoms with Crippen molar-refractivity contribution >= 4 is 33.2 Å². The van der Waals surface area contributed by atoms with E-state index in [1.165, 1.54) is 0 Å². The van der Waals surface area contributed by atoms with E-state index in [1.807, 2.05) is 65.7 Å². The van der Waals surface area contributed by atoms with Crippen LogP contribution in [0.1, 0.15) is 35.4 Å². The standard InChI is InChI=1S/C25H20BrClN2O2/c1-2-13-30-18-10-7-16(8-11-18)22-15-23-20-14-17(26)9-12-24(20)31-25(29(23)28-22)19-5-3-4-6-21(19)27/h2-12,14,23,25H,1,13,15H2/t23-,25-/m1/s1. The lowest BCUT2D eigenvalue weighted by atomic mass is 9.96. The third-order valence-electron chi connectivity index (χ3n) is 5.48. The van der Waals surface area contributed by atoms with Gasteiger partial charge in [-0.15, -0.1) is 0 Å². The quantitative estimate of drug-likeness (QED) is 0.361. The summed E-state index contributed by atoms with van der Waals surface area (Å²) in [6.07, 6.45) is 2.12. The highest BCUT2D eigenvalue weighted by Crippen LogP contribution is 2.49. The number of nitrogens with zero attached hydrogens (tertiary/aromatic N) is 2. The van der Waals surface area contributed by atoms with Gasteiger partial charge < -0.3 is 9.47 Å². The second-order valence-electron chi connectivity index (χ2n) is 7.44. The molecule has 0 aromatic heterocycles. The Kier molecular flexibility index (Phi) is 5.47. The number of rotatable bonds is 5. The Balaban J connectivity index is 1.53. The van der Waals surface area contributed by atoms with Crippen molar-refractivity contribution in [3.05, 3.63) is 106 Å². The fourth-order valence-corrected chi connectivity index (χ4v) is 4.62. The Morgan fingerprint density at radius 2 is 1.94 bits per heavy atom. The molecule has 3 aromatic rings. The molecule has 0 N–H and O–H groups in total. The molecule has 2 aliphatic heterocycles. The van der Waals surface area contributed by atoms with Gasteiger partial charge in [-0.05, 0) is 54.1 Å². The van der Waals surface area contributed by atoms with Crippen molar-refractivity contribution in [1.29, 1.82) is 0 Å². The lowest BCUT2D eigenvalue weighted by Gasteiger charge is -2.38. The SMILES string of the molecule is C=CCOc1ccc(C2=NN3[C@H](C2)c2cc(Br)ccc2O[C@@H]3c2ccccc2Cl)cc1. The van der Waals surface area contributed by atoms with Crippen molar-refractivity contribution < 1.29 is 9.47 Å². The average Bonchev–Trinajstić information content (AvgIpc) is 3.24. The molecule has 0 radical (unpaired) electrons. The van der Waals surface area contributed by atoms with Gasteiger partial charge in [0.15, 0.2) is 0 Å². The summed E-state index contributed by atoms with van der Waals surface area (Å²) in [4.78, 5) is 0. The molecule has 5 rings (SSSR count). The number of benzene rings is 3. The minimum atomic E-state index is -0.389. The number of fused-ring (bicyclic) bond motifs is 3. The number of halogens is 2. The molecule has 0 spiro atoms. The number of hydrazone groups is 1. The Hall–Kier alpha value is -2.76. The molecule has 6 heteroatoms. The van der Waals surface area contributed by atoms with E-state index >= 15 is 0 Å². The van der Waals surface area contributed by atoms with Crippen LogP contribution in [-0.2, 0) is 0 Å². The summed E-state index contributed by atoms with van der Waals surface area (Å²) in [6, 6.07) is 22.0. The molecular weight excluding hydrogens is 476 g/mol. The van der Waals surface area contributed by atoms with Crippen LogP contribution in [0.3, 0.4) is 0 Å². The number of hydrogen-bond donors (Lipinski definition) is 0. The Bertz CT molecular complexity index is 1160. The van der Waals surface area contributed by atoms with Gasteiger partial charge in [0.2, 0.25) is 6.23 Å². The predicted octanol–water partition coefficient (Wildman–Crippen LogP) is 6.91. The molecule has 3 aromatic carbocycles. The van der Waals surface area contributed by atoms with Crippen molar-refractivity contribution in [2.45, 2.75) is 18.7 Å². The third-order valence-corrected chi connectivity index (χ3v) is 6.32. The van der Waals surface area contributed by atoms with Gasteiger partial charge in [0.05, 0.1) is 11.8 Å². The molecule has 2 heterocycles. The first-order chi connectivity index (χ1) is 15.1. The summed E-state index contributed by atoms with van der Waals surface area (Å²) in [7, 11) is 0. The smallest absolute Gasteiger partial charge is 0.215 e. The maximum atomic E-state index is 6.53.